The van der Waals surface area contributed by atoms with Crippen molar-refractivity contribution in [3.8, 4) is 5.75 Å². The van der Waals surface area contributed by atoms with E-state index in [1.54, 1.807) is 18.2 Å². The number of fused-ring (bicyclic) bond motifs is 1. The first-order valence-electron chi connectivity index (χ1n) is 9.27. The largest absolute Gasteiger partial charge is 0.494 e. The number of para-hydroxylation sites is 1. The number of ether oxygens (including phenoxy) is 1. The van der Waals surface area contributed by atoms with Crippen molar-refractivity contribution in [2.75, 3.05) is 6.61 Å². The van der Waals surface area contributed by atoms with Crippen LogP contribution in [0.5, 0.6) is 5.75 Å². The summed E-state index contributed by atoms with van der Waals surface area (Å²) in [7, 11) is 0. The van der Waals surface area contributed by atoms with Gasteiger partial charge in [0.25, 0.3) is 5.56 Å². The lowest BCUT2D eigenvalue weighted by molar-refractivity contribution is 0.305. The Bertz CT molecular complexity index is 978. The predicted octanol–water partition coefficient (Wildman–Crippen LogP) is 5.62. The summed E-state index contributed by atoms with van der Waals surface area (Å²) in [4.78, 5) is 19.3. The van der Waals surface area contributed by atoms with Crippen LogP contribution in [-0.4, -0.2) is 16.6 Å². The van der Waals surface area contributed by atoms with Crippen LogP contribution < -0.4 is 10.3 Å². The molecular weight excluding hydrogens is 360 g/mol. The smallest absolute Gasteiger partial charge is 0.259 e. The van der Waals surface area contributed by atoms with Gasteiger partial charge in [0, 0.05) is 0 Å². The number of hydrogen-bond acceptors (Lipinski definition) is 3. The van der Waals surface area contributed by atoms with E-state index >= 15 is 0 Å². The monoisotopic (exact) mass is 382 g/mol. The lowest BCUT2D eigenvalue weighted by atomic mass is 10.2. The molecule has 1 heterocycles. The van der Waals surface area contributed by atoms with Crippen LogP contribution in [-0.2, 0) is 0 Å². The summed E-state index contributed by atoms with van der Waals surface area (Å²) >= 11 is 6.38. The average molecular weight is 383 g/mol. The molecule has 3 rings (SSSR count). The molecule has 1 aromatic heterocycles. The van der Waals surface area contributed by atoms with Gasteiger partial charge in [-0.05, 0) is 42.3 Å². The zero-order valence-corrected chi connectivity index (χ0v) is 16.1. The Balaban J connectivity index is 1.70. The van der Waals surface area contributed by atoms with Gasteiger partial charge in [0.2, 0.25) is 0 Å². The highest BCUT2D eigenvalue weighted by molar-refractivity contribution is 6.50. The van der Waals surface area contributed by atoms with E-state index in [-0.39, 0.29) is 5.56 Å². The van der Waals surface area contributed by atoms with E-state index in [9.17, 15) is 4.79 Å². The fraction of sp³-hybridized carbons (Fsp3) is 0.273. The van der Waals surface area contributed by atoms with Gasteiger partial charge in [-0.3, -0.25) is 4.79 Å². The Morgan fingerprint density at radius 2 is 1.89 bits per heavy atom. The summed E-state index contributed by atoms with van der Waals surface area (Å²) in [5, 5.41) is 0.928. The summed E-state index contributed by atoms with van der Waals surface area (Å²) in [5.74, 6) is 1.20. The minimum Gasteiger partial charge on any atom is -0.494 e. The van der Waals surface area contributed by atoms with Gasteiger partial charge in [-0.1, -0.05) is 62.1 Å². The summed E-state index contributed by atoms with van der Waals surface area (Å²) in [6, 6.07) is 14.9. The normalized spacial score (nSPS) is 11.7. The van der Waals surface area contributed by atoms with Crippen LogP contribution in [0.25, 0.3) is 22.0 Å². The first-order chi connectivity index (χ1) is 13.2. The second kappa shape index (κ2) is 9.38. The van der Waals surface area contributed by atoms with Crippen LogP contribution in [0.4, 0.5) is 0 Å². The highest BCUT2D eigenvalue weighted by Crippen LogP contribution is 2.21. The molecule has 0 bridgehead atoms. The molecule has 0 atom stereocenters. The molecule has 5 heteroatoms. The molecule has 3 aromatic rings. The Kier molecular flexibility index (Phi) is 6.66. The summed E-state index contributed by atoms with van der Waals surface area (Å²) in [6.07, 6.45) is 6.52. The Labute approximate surface area is 163 Å². The Morgan fingerprint density at radius 3 is 2.67 bits per heavy atom. The Hall–Kier alpha value is -2.59. The van der Waals surface area contributed by atoms with E-state index in [1.807, 2.05) is 36.4 Å². The maximum Gasteiger partial charge on any atom is 0.259 e. The number of nitrogens with one attached hydrogen (secondary N) is 1. The van der Waals surface area contributed by atoms with Crippen molar-refractivity contribution in [2.24, 2.45) is 0 Å². The summed E-state index contributed by atoms with van der Waals surface area (Å²) in [5.41, 5.74) is 1.33. The van der Waals surface area contributed by atoms with E-state index in [2.05, 4.69) is 16.9 Å². The first kappa shape index (κ1) is 19.2. The second-order valence-electron chi connectivity index (χ2n) is 6.40. The number of H-pyrrole nitrogens is 1. The van der Waals surface area contributed by atoms with E-state index in [0.717, 1.165) is 24.3 Å². The highest BCUT2D eigenvalue weighted by Gasteiger charge is 2.06. The molecule has 1 N–H and O–H groups in total. The van der Waals surface area contributed by atoms with E-state index in [1.165, 1.54) is 19.3 Å². The van der Waals surface area contributed by atoms with Crippen molar-refractivity contribution in [2.45, 2.75) is 32.6 Å². The molecule has 0 saturated heterocycles. The molecular formula is C22H23ClN2O2. The summed E-state index contributed by atoms with van der Waals surface area (Å²) in [6.45, 7) is 2.93. The third-order valence-corrected chi connectivity index (χ3v) is 4.57. The zero-order chi connectivity index (χ0) is 19.1. The van der Waals surface area contributed by atoms with E-state index < -0.39 is 0 Å². The SMILES string of the molecule is CCCCCCOc1ccc(/C=C(\Cl)c2nc3ccccc3c(=O)[nH]2)cc1. The maximum absolute atomic E-state index is 12.2. The molecule has 0 aliphatic carbocycles. The van der Waals surface area contributed by atoms with E-state index in [4.69, 9.17) is 16.3 Å². The van der Waals surface area contributed by atoms with Crippen LogP contribution in [0.1, 0.15) is 44.0 Å². The quantitative estimate of drug-likeness (QED) is 0.514. The molecule has 0 aliphatic heterocycles. The molecule has 4 nitrogen and oxygen atoms in total. The van der Waals surface area contributed by atoms with Gasteiger partial charge in [0.05, 0.1) is 22.5 Å². The third kappa shape index (κ3) is 5.20. The van der Waals surface area contributed by atoms with E-state index in [0.29, 0.717) is 21.8 Å². The molecule has 0 fully saturated rings. The predicted molar refractivity (Wildman–Crippen MR) is 112 cm³/mol. The van der Waals surface area contributed by atoms with Gasteiger partial charge in [-0.15, -0.1) is 0 Å². The van der Waals surface area contributed by atoms with Gasteiger partial charge in [0.15, 0.2) is 5.82 Å². The molecule has 0 saturated carbocycles. The average Bonchev–Trinajstić information content (AvgIpc) is 2.69. The molecule has 140 valence electrons. The molecule has 27 heavy (non-hydrogen) atoms. The van der Waals surface area contributed by atoms with Crippen molar-refractivity contribution in [3.05, 3.63) is 70.3 Å². The first-order valence-corrected chi connectivity index (χ1v) is 9.64. The van der Waals surface area contributed by atoms with Crippen molar-refractivity contribution in [1.29, 1.82) is 0 Å². The minimum absolute atomic E-state index is 0.200. The minimum atomic E-state index is -0.200. The second-order valence-corrected chi connectivity index (χ2v) is 6.81. The van der Waals surface area contributed by atoms with Crippen LogP contribution in [0.15, 0.2) is 53.3 Å². The lowest BCUT2D eigenvalue weighted by Crippen LogP contribution is -2.10. The maximum atomic E-state index is 12.2. The van der Waals surface area contributed by atoms with Gasteiger partial charge in [-0.25, -0.2) is 4.98 Å². The van der Waals surface area contributed by atoms with Crippen LogP contribution in [0.3, 0.4) is 0 Å². The molecule has 0 unspecified atom stereocenters. The van der Waals surface area contributed by atoms with Gasteiger partial charge in [-0.2, -0.15) is 0 Å². The molecule has 0 spiro atoms. The van der Waals surface area contributed by atoms with Crippen LogP contribution in [0, 0.1) is 0 Å². The third-order valence-electron chi connectivity index (χ3n) is 4.28. The lowest BCUT2D eigenvalue weighted by Gasteiger charge is -2.06. The van der Waals surface area contributed by atoms with Crippen molar-refractivity contribution < 1.29 is 4.74 Å². The number of halogens is 1. The zero-order valence-electron chi connectivity index (χ0n) is 15.4. The molecule has 0 amide bonds. The number of aromatic amines is 1. The van der Waals surface area contributed by atoms with Crippen LogP contribution >= 0.6 is 11.6 Å². The highest BCUT2D eigenvalue weighted by atomic mass is 35.5. The number of aromatic nitrogens is 2. The van der Waals surface area contributed by atoms with Gasteiger partial charge in [0.1, 0.15) is 5.75 Å². The number of unbranched alkanes of at least 4 members (excludes halogenated alkanes) is 3. The topological polar surface area (TPSA) is 55.0 Å². The molecule has 0 aliphatic rings. The number of benzene rings is 2. The Morgan fingerprint density at radius 1 is 1.11 bits per heavy atom. The van der Waals surface area contributed by atoms with Crippen molar-refractivity contribution in [3.63, 3.8) is 0 Å². The fourth-order valence-electron chi connectivity index (χ4n) is 2.79. The number of rotatable bonds is 8. The fourth-order valence-corrected chi connectivity index (χ4v) is 3.01. The number of nitrogens with zero attached hydrogens (tertiary/aromatic N) is 1. The van der Waals surface area contributed by atoms with Crippen molar-refractivity contribution >= 4 is 33.6 Å². The summed E-state index contributed by atoms with van der Waals surface area (Å²) < 4.78 is 5.75. The molecule has 2 aromatic carbocycles. The standard InChI is InChI=1S/C22H23ClN2O2/c1-2-3-4-7-14-27-17-12-10-16(11-13-17)15-19(23)21-24-20-9-6-5-8-18(20)22(26)25-21/h5-6,8-13,15H,2-4,7,14H2,1H3,(H,24,25,26)/b19-15-. The van der Waals surface area contributed by atoms with Crippen LogP contribution in [0.2, 0.25) is 0 Å². The van der Waals surface area contributed by atoms with Gasteiger partial charge >= 0.3 is 0 Å². The molecule has 0 radical (unpaired) electrons. The number of hydrogen-bond donors (Lipinski definition) is 1. The van der Waals surface area contributed by atoms with Gasteiger partial charge < -0.3 is 9.72 Å². The van der Waals surface area contributed by atoms with Crippen molar-refractivity contribution in [1.82, 2.24) is 9.97 Å².